The number of benzene rings is 1. The van der Waals surface area contributed by atoms with Crippen LogP contribution in [-0.4, -0.2) is 17.4 Å². The summed E-state index contributed by atoms with van der Waals surface area (Å²) in [5.74, 6) is -1.57. The molecule has 76 valence electrons. The highest BCUT2D eigenvalue weighted by Crippen LogP contribution is 2.27. The molecule has 3 nitrogen and oxygen atoms in total. The zero-order valence-corrected chi connectivity index (χ0v) is 8.01. The lowest BCUT2D eigenvalue weighted by Gasteiger charge is -2.02. The summed E-state index contributed by atoms with van der Waals surface area (Å²) in [4.78, 5) is 11.3. The van der Waals surface area contributed by atoms with Crippen LogP contribution < -0.4 is 5.73 Å². The Morgan fingerprint density at radius 1 is 1.57 bits per heavy atom. The lowest BCUT2D eigenvalue weighted by atomic mass is 10.1. The zero-order valence-electron chi connectivity index (χ0n) is 7.26. The average Bonchev–Trinajstić information content (AvgIpc) is 2.13. The van der Waals surface area contributed by atoms with Gasteiger partial charge in [-0.25, -0.2) is 4.39 Å². The number of carbonyl (C=O) groups excluding carboxylic acids is 1. The predicted octanol–water partition coefficient (Wildman–Crippen LogP) is 1.72. The van der Waals surface area contributed by atoms with E-state index in [2.05, 4.69) is 0 Å². The highest BCUT2D eigenvalue weighted by Gasteiger charge is 2.12. The Morgan fingerprint density at radius 3 is 2.71 bits per heavy atom. The van der Waals surface area contributed by atoms with Crippen molar-refractivity contribution in [1.82, 2.24) is 0 Å². The van der Waals surface area contributed by atoms with Gasteiger partial charge in [-0.15, -0.1) is 0 Å². The van der Waals surface area contributed by atoms with Crippen LogP contribution in [0, 0.1) is 5.82 Å². The fraction of sp³-hybridized carbons (Fsp3) is 0.222. The topological polar surface area (TPSA) is 63.3 Å². The van der Waals surface area contributed by atoms with E-state index in [0.717, 1.165) is 12.1 Å². The van der Waals surface area contributed by atoms with Gasteiger partial charge < -0.3 is 10.8 Å². The fourth-order valence-electron chi connectivity index (χ4n) is 1.01. The van der Waals surface area contributed by atoms with Crippen LogP contribution in [0.25, 0.3) is 0 Å². The van der Waals surface area contributed by atoms with Crippen LogP contribution in [0.4, 0.5) is 4.39 Å². The minimum absolute atomic E-state index is 0.0786. The van der Waals surface area contributed by atoms with Crippen LogP contribution in [0.3, 0.4) is 0 Å². The maximum absolute atomic E-state index is 13.0. The van der Waals surface area contributed by atoms with Crippen molar-refractivity contribution in [3.63, 3.8) is 0 Å². The van der Waals surface area contributed by atoms with Crippen LogP contribution >= 0.6 is 11.6 Å². The Hall–Kier alpha value is -1.13. The highest BCUT2D eigenvalue weighted by atomic mass is 35.5. The lowest BCUT2D eigenvalue weighted by Crippen LogP contribution is -2.08. The van der Waals surface area contributed by atoms with Crippen molar-refractivity contribution in [1.29, 1.82) is 0 Å². The third kappa shape index (κ3) is 2.21. The summed E-state index contributed by atoms with van der Waals surface area (Å²) in [7, 11) is 0. The SMILES string of the molecule is NCCC(=O)c1cc(O)c(Cl)c(F)c1. The molecule has 1 rings (SSSR count). The summed E-state index contributed by atoms with van der Waals surface area (Å²) in [5.41, 5.74) is 5.25. The highest BCUT2D eigenvalue weighted by molar-refractivity contribution is 6.32. The second-order valence-corrected chi connectivity index (χ2v) is 3.13. The summed E-state index contributed by atoms with van der Waals surface area (Å²) in [6.45, 7) is 0.184. The molecule has 0 saturated heterocycles. The fourth-order valence-corrected chi connectivity index (χ4v) is 1.12. The number of hydrogen-bond acceptors (Lipinski definition) is 3. The molecular formula is C9H9ClFNO2. The molecule has 0 aliphatic heterocycles. The molecule has 0 amide bonds. The molecule has 0 aliphatic rings. The van der Waals surface area contributed by atoms with Gasteiger partial charge in [-0.3, -0.25) is 4.79 Å². The summed E-state index contributed by atoms with van der Waals surface area (Å²) in [5, 5.41) is 8.76. The van der Waals surface area contributed by atoms with Crippen LogP contribution in [0.15, 0.2) is 12.1 Å². The molecule has 0 atom stereocenters. The normalized spacial score (nSPS) is 10.2. The molecule has 3 N–H and O–H groups in total. The lowest BCUT2D eigenvalue weighted by molar-refractivity contribution is 0.0984. The first kappa shape index (κ1) is 10.9. The Morgan fingerprint density at radius 2 is 2.21 bits per heavy atom. The Bertz CT molecular complexity index is 345. The Balaban J connectivity index is 3.06. The number of phenolic OH excluding ortho intramolecular Hbond substituents is 1. The molecule has 1 aromatic carbocycles. The van der Waals surface area contributed by atoms with Crippen LogP contribution in [0.2, 0.25) is 5.02 Å². The van der Waals surface area contributed by atoms with Crippen molar-refractivity contribution in [2.24, 2.45) is 5.73 Å². The average molecular weight is 218 g/mol. The van der Waals surface area contributed by atoms with Crippen LogP contribution in [0.5, 0.6) is 5.75 Å². The quantitative estimate of drug-likeness (QED) is 0.758. The molecule has 5 heteroatoms. The zero-order chi connectivity index (χ0) is 10.7. The van der Waals surface area contributed by atoms with E-state index in [9.17, 15) is 9.18 Å². The molecule has 0 radical (unpaired) electrons. The van der Waals surface area contributed by atoms with E-state index in [-0.39, 0.29) is 29.3 Å². The number of hydrogen-bond donors (Lipinski definition) is 2. The maximum atomic E-state index is 13.0. The van der Waals surface area contributed by atoms with E-state index in [1.807, 2.05) is 0 Å². The monoisotopic (exact) mass is 217 g/mol. The largest absolute Gasteiger partial charge is 0.506 e. The van der Waals surface area contributed by atoms with E-state index >= 15 is 0 Å². The number of ketones is 1. The molecule has 0 fully saturated rings. The molecule has 0 aliphatic carbocycles. The Labute approximate surface area is 85.3 Å². The van der Waals surface area contributed by atoms with Gasteiger partial charge in [0.15, 0.2) is 5.78 Å². The molecule has 0 unspecified atom stereocenters. The number of nitrogens with two attached hydrogens (primary N) is 1. The summed E-state index contributed by atoms with van der Waals surface area (Å²) >= 11 is 5.37. The standard InChI is InChI=1S/C9H9ClFNO2/c10-9-6(11)3-5(4-8(9)14)7(13)1-2-12/h3-4,14H,1-2,12H2. The molecule has 0 aromatic heterocycles. The summed E-state index contributed by atoms with van der Waals surface area (Å²) in [6, 6.07) is 2.11. The van der Waals surface area contributed by atoms with E-state index in [4.69, 9.17) is 22.4 Å². The molecule has 14 heavy (non-hydrogen) atoms. The molecule has 1 aromatic rings. The van der Waals surface area contributed by atoms with Crippen molar-refractivity contribution in [2.75, 3.05) is 6.54 Å². The number of phenols is 1. The van der Waals surface area contributed by atoms with Crippen molar-refractivity contribution in [3.05, 3.63) is 28.5 Å². The van der Waals surface area contributed by atoms with E-state index in [0.29, 0.717) is 0 Å². The smallest absolute Gasteiger partial charge is 0.164 e. The minimum atomic E-state index is -0.813. The van der Waals surface area contributed by atoms with Gasteiger partial charge in [-0.1, -0.05) is 11.6 Å². The molecule has 0 saturated carbocycles. The van der Waals surface area contributed by atoms with E-state index in [1.165, 1.54) is 0 Å². The van der Waals surface area contributed by atoms with Crippen molar-refractivity contribution >= 4 is 17.4 Å². The number of carbonyl (C=O) groups is 1. The number of Topliss-reactive ketones (excluding diaryl/α,β-unsaturated/α-hetero) is 1. The molecule has 0 spiro atoms. The van der Waals surface area contributed by atoms with Crippen molar-refractivity contribution < 1.29 is 14.3 Å². The molecule has 0 bridgehead atoms. The first-order chi connectivity index (χ1) is 6.56. The van der Waals surface area contributed by atoms with Gasteiger partial charge in [0.1, 0.15) is 16.6 Å². The number of aromatic hydroxyl groups is 1. The van der Waals surface area contributed by atoms with Crippen molar-refractivity contribution in [3.8, 4) is 5.75 Å². The first-order valence-electron chi connectivity index (χ1n) is 3.97. The Kier molecular flexibility index (Phi) is 3.43. The summed E-state index contributed by atoms with van der Waals surface area (Å²) < 4.78 is 13.0. The second kappa shape index (κ2) is 4.39. The van der Waals surface area contributed by atoms with Gasteiger partial charge in [0.25, 0.3) is 0 Å². The van der Waals surface area contributed by atoms with Gasteiger partial charge >= 0.3 is 0 Å². The van der Waals surface area contributed by atoms with Gasteiger partial charge in [-0.05, 0) is 18.7 Å². The predicted molar refractivity (Wildman–Crippen MR) is 51.1 cm³/mol. The second-order valence-electron chi connectivity index (χ2n) is 2.75. The number of rotatable bonds is 3. The van der Waals surface area contributed by atoms with E-state index in [1.54, 1.807) is 0 Å². The minimum Gasteiger partial charge on any atom is -0.506 e. The van der Waals surface area contributed by atoms with Gasteiger partial charge in [0.2, 0.25) is 0 Å². The molecule has 0 heterocycles. The number of halogens is 2. The third-order valence-electron chi connectivity index (χ3n) is 1.70. The van der Waals surface area contributed by atoms with Gasteiger partial charge in [-0.2, -0.15) is 0 Å². The first-order valence-corrected chi connectivity index (χ1v) is 4.35. The van der Waals surface area contributed by atoms with Crippen molar-refractivity contribution in [2.45, 2.75) is 6.42 Å². The molecular weight excluding hydrogens is 209 g/mol. The summed E-state index contributed by atoms with van der Waals surface area (Å²) in [6.07, 6.45) is 0.112. The third-order valence-corrected chi connectivity index (χ3v) is 2.08. The van der Waals surface area contributed by atoms with E-state index < -0.39 is 11.6 Å². The van der Waals surface area contributed by atoms with Gasteiger partial charge in [0, 0.05) is 12.0 Å². The maximum Gasteiger partial charge on any atom is 0.164 e. The van der Waals surface area contributed by atoms with Gasteiger partial charge in [0.05, 0.1) is 0 Å². The van der Waals surface area contributed by atoms with Crippen LogP contribution in [0.1, 0.15) is 16.8 Å². The van der Waals surface area contributed by atoms with Crippen LogP contribution in [-0.2, 0) is 0 Å².